The predicted octanol–water partition coefficient (Wildman–Crippen LogP) is 4.16. The van der Waals surface area contributed by atoms with E-state index in [1.54, 1.807) is 60.6 Å². The zero-order valence-electron chi connectivity index (χ0n) is 15.0. The SMILES string of the molecule is O=C(c1ccncc1)N1CC[C@H](Sc2ccc(-c3noc(C(F)(F)F)n3)cc2)C1. The van der Waals surface area contributed by atoms with E-state index in [0.29, 0.717) is 24.2 Å². The Morgan fingerprint density at radius 3 is 2.52 bits per heavy atom. The highest BCUT2D eigenvalue weighted by molar-refractivity contribution is 8.00. The molecule has 1 aromatic carbocycles. The van der Waals surface area contributed by atoms with Gasteiger partial charge in [0.25, 0.3) is 5.91 Å². The van der Waals surface area contributed by atoms with Gasteiger partial charge in [0.2, 0.25) is 5.82 Å². The van der Waals surface area contributed by atoms with E-state index in [0.717, 1.165) is 11.3 Å². The molecule has 4 rings (SSSR count). The topological polar surface area (TPSA) is 72.1 Å². The minimum Gasteiger partial charge on any atom is -0.337 e. The van der Waals surface area contributed by atoms with Gasteiger partial charge in [-0.2, -0.15) is 18.2 Å². The number of alkyl halides is 3. The maximum atomic E-state index is 12.6. The summed E-state index contributed by atoms with van der Waals surface area (Å²) in [5, 5.41) is 3.63. The number of hydrogen-bond donors (Lipinski definition) is 0. The quantitative estimate of drug-likeness (QED) is 0.631. The van der Waals surface area contributed by atoms with Crippen LogP contribution >= 0.6 is 11.8 Å². The Morgan fingerprint density at radius 2 is 1.86 bits per heavy atom. The fourth-order valence-corrected chi connectivity index (χ4v) is 4.17. The third-order valence-corrected chi connectivity index (χ3v) is 5.71. The van der Waals surface area contributed by atoms with Crippen molar-refractivity contribution < 1.29 is 22.5 Å². The Morgan fingerprint density at radius 1 is 1.14 bits per heavy atom. The van der Waals surface area contributed by atoms with Crippen LogP contribution in [0.5, 0.6) is 0 Å². The summed E-state index contributed by atoms with van der Waals surface area (Å²) >= 11 is 1.63. The fourth-order valence-electron chi connectivity index (χ4n) is 3.02. The zero-order chi connectivity index (χ0) is 20.4. The molecular formula is C19H15F3N4O2S. The summed E-state index contributed by atoms with van der Waals surface area (Å²) in [4.78, 5) is 22.6. The maximum absolute atomic E-state index is 12.6. The van der Waals surface area contributed by atoms with Gasteiger partial charge in [-0.1, -0.05) is 5.16 Å². The van der Waals surface area contributed by atoms with Crippen LogP contribution in [0.1, 0.15) is 22.7 Å². The third-order valence-electron chi connectivity index (χ3n) is 4.44. The molecule has 1 atom stereocenters. The van der Waals surface area contributed by atoms with Crippen molar-refractivity contribution >= 4 is 17.7 Å². The molecule has 1 aliphatic heterocycles. The first-order chi connectivity index (χ1) is 13.9. The highest BCUT2D eigenvalue weighted by Gasteiger charge is 2.38. The number of carbonyl (C=O) groups excluding carboxylic acids is 1. The lowest BCUT2D eigenvalue weighted by Gasteiger charge is -2.16. The van der Waals surface area contributed by atoms with Crippen molar-refractivity contribution in [3.05, 3.63) is 60.2 Å². The molecule has 10 heteroatoms. The van der Waals surface area contributed by atoms with Crippen LogP contribution in [0, 0.1) is 0 Å². The van der Waals surface area contributed by atoms with E-state index in [2.05, 4.69) is 19.6 Å². The Hall–Kier alpha value is -2.88. The summed E-state index contributed by atoms with van der Waals surface area (Å²) in [5.41, 5.74) is 1.06. The average Bonchev–Trinajstić information content (AvgIpc) is 3.38. The highest BCUT2D eigenvalue weighted by atomic mass is 32.2. The van der Waals surface area contributed by atoms with E-state index in [9.17, 15) is 18.0 Å². The van der Waals surface area contributed by atoms with E-state index >= 15 is 0 Å². The van der Waals surface area contributed by atoms with E-state index in [1.807, 2.05) is 4.90 Å². The molecule has 1 amide bonds. The molecule has 1 saturated heterocycles. The molecule has 150 valence electrons. The van der Waals surface area contributed by atoms with Crippen molar-refractivity contribution in [2.45, 2.75) is 22.7 Å². The summed E-state index contributed by atoms with van der Waals surface area (Å²) in [6, 6.07) is 10.3. The third kappa shape index (κ3) is 4.42. The van der Waals surface area contributed by atoms with Gasteiger partial charge < -0.3 is 9.42 Å². The predicted molar refractivity (Wildman–Crippen MR) is 99.1 cm³/mol. The van der Waals surface area contributed by atoms with Crippen LogP contribution in [0.2, 0.25) is 0 Å². The van der Waals surface area contributed by atoms with Gasteiger partial charge in [0, 0.05) is 46.8 Å². The second-order valence-electron chi connectivity index (χ2n) is 6.46. The van der Waals surface area contributed by atoms with Gasteiger partial charge in [-0.15, -0.1) is 11.8 Å². The minimum absolute atomic E-state index is 0.0107. The average molecular weight is 420 g/mol. The first-order valence-corrected chi connectivity index (χ1v) is 9.65. The zero-order valence-corrected chi connectivity index (χ0v) is 15.8. The van der Waals surface area contributed by atoms with Gasteiger partial charge in [0.1, 0.15) is 0 Å². The molecule has 0 unspecified atom stereocenters. The number of likely N-dealkylation sites (tertiary alicyclic amines) is 1. The molecule has 29 heavy (non-hydrogen) atoms. The number of hydrogen-bond acceptors (Lipinski definition) is 6. The Labute approximate surface area is 168 Å². The van der Waals surface area contributed by atoms with Gasteiger partial charge in [-0.3, -0.25) is 9.78 Å². The van der Waals surface area contributed by atoms with Gasteiger partial charge >= 0.3 is 12.1 Å². The van der Waals surface area contributed by atoms with Crippen LogP contribution in [0.25, 0.3) is 11.4 Å². The molecule has 6 nitrogen and oxygen atoms in total. The molecule has 0 N–H and O–H groups in total. The summed E-state index contributed by atoms with van der Waals surface area (Å²) in [6.07, 6.45) is -0.608. The number of halogens is 3. The number of carbonyl (C=O) groups is 1. The van der Waals surface area contributed by atoms with Gasteiger partial charge in [0.05, 0.1) is 0 Å². The van der Waals surface area contributed by atoms with E-state index in [4.69, 9.17) is 0 Å². The van der Waals surface area contributed by atoms with Crippen molar-refractivity contribution in [1.29, 1.82) is 0 Å². The molecule has 3 heterocycles. The van der Waals surface area contributed by atoms with E-state index < -0.39 is 12.1 Å². The molecule has 0 saturated carbocycles. The van der Waals surface area contributed by atoms with E-state index in [-0.39, 0.29) is 17.0 Å². The first kappa shape index (κ1) is 19.4. The molecule has 1 aliphatic rings. The molecule has 0 radical (unpaired) electrons. The smallest absolute Gasteiger partial charge is 0.337 e. The fraction of sp³-hybridized carbons (Fsp3) is 0.263. The van der Waals surface area contributed by atoms with Gasteiger partial charge in [-0.25, -0.2) is 0 Å². The lowest BCUT2D eigenvalue weighted by Crippen LogP contribution is -2.29. The molecule has 2 aromatic heterocycles. The van der Waals surface area contributed by atoms with Crippen LogP contribution in [0.3, 0.4) is 0 Å². The summed E-state index contributed by atoms with van der Waals surface area (Å²) in [6.45, 7) is 1.31. The number of nitrogens with zero attached hydrogens (tertiary/aromatic N) is 4. The Kier molecular flexibility index (Phi) is 5.27. The second-order valence-corrected chi connectivity index (χ2v) is 7.83. The maximum Gasteiger partial charge on any atom is 0.471 e. The Bertz CT molecular complexity index is 993. The second kappa shape index (κ2) is 7.86. The number of amides is 1. The summed E-state index contributed by atoms with van der Waals surface area (Å²) in [7, 11) is 0. The van der Waals surface area contributed by atoms with Crippen LogP contribution in [-0.4, -0.2) is 44.3 Å². The largest absolute Gasteiger partial charge is 0.471 e. The molecular weight excluding hydrogens is 405 g/mol. The van der Waals surface area contributed by atoms with Crippen molar-refractivity contribution in [1.82, 2.24) is 20.0 Å². The van der Waals surface area contributed by atoms with Crippen LogP contribution in [0.15, 0.2) is 58.2 Å². The van der Waals surface area contributed by atoms with Crippen LogP contribution in [0.4, 0.5) is 13.2 Å². The lowest BCUT2D eigenvalue weighted by atomic mass is 10.2. The number of rotatable bonds is 4. The minimum atomic E-state index is -4.66. The van der Waals surface area contributed by atoms with Crippen molar-refractivity contribution in [2.75, 3.05) is 13.1 Å². The number of benzene rings is 1. The Balaban J connectivity index is 1.37. The van der Waals surface area contributed by atoms with Crippen LogP contribution in [-0.2, 0) is 6.18 Å². The van der Waals surface area contributed by atoms with Gasteiger partial charge in [0.15, 0.2) is 0 Å². The summed E-state index contributed by atoms with van der Waals surface area (Å²) < 4.78 is 42.0. The first-order valence-electron chi connectivity index (χ1n) is 8.77. The number of aromatic nitrogens is 3. The normalized spacial score (nSPS) is 16.9. The number of pyridine rings is 1. The summed E-state index contributed by atoms with van der Waals surface area (Å²) in [5.74, 6) is -1.48. The molecule has 0 bridgehead atoms. The van der Waals surface area contributed by atoms with Gasteiger partial charge in [-0.05, 0) is 42.8 Å². The van der Waals surface area contributed by atoms with Crippen molar-refractivity contribution in [2.24, 2.45) is 0 Å². The van der Waals surface area contributed by atoms with E-state index in [1.165, 1.54) is 0 Å². The molecule has 1 fully saturated rings. The van der Waals surface area contributed by atoms with Crippen molar-refractivity contribution in [3.63, 3.8) is 0 Å². The van der Waals surface area contributed by atoms with Crippen molar-refractivity contribution in [3.8, 4) is 11.4 Å². The molecule has 0 spiro atoms. The number of thioether (sulfide) groups is 1. The highest BCUT2D eigenvalue weighted by Crippen LogP contribution is 2.33. The molecule has 0 aliphatic carbocycles. The lowest BCUT2D eigenvalue weighted by molar-refractivity contribution is -0.159. The monoisotopic (exact) mass is 420 g/mol. The molecule has 3 aromatic rings. The standard InChI is InChI=1S/C19H15F3N4O2S/c20-19(21,22)18-24-16(25-28-18)12-1-3-14(4-2-12)29-15-7-10-26(11-15)17(27)13-5-8-23-9-6-13/h1-6,8-9,15H,7,10-11H2/t15-/m0/s1. The van der Waals surface area contributed by atoms with Crippen LogP contribution < -0.4 is 0 Å².